The number of rotatable bonds is 14. The molecule has 1 N–H and O–H groups in total. The molecule has 0 aliphatic heterocycles. The lowest BCUT2D eigenvalue weighted by atomic mass is 10.1. The van der Waals surface area contributed by atoms with E-state index in [2.05, 4.69) is 12.2 Å². The third-order valence-corrected chi connectivity index (χ3v) is 4.66. The number of unbranched alkanes of at least 4 members (excludes halogenated alkanes) is 10. The van der Waals surface area contributed by atoms with E-state index in [0.717, 1.165) is 25.9 Å². The van der Waals surface area contributed by atoms with Crippen molar-refractivity contribution in [2.24, 2.45) is 0 Å². The summed E-state index contributed by atoms with van der Waals surface area (Å²) in [4.78, 5) is 13.8. The number of thiocarbonyl (C=S) groups is 1. The first-order chi connectivity index (χ1) is 11.2. The van der Waals surface area contributed by atoms with Crippen molar-refractivity contribution in [1.82, 2.24) is 10.2 Å². The van der Waals surface area contributed by atoms with Crippen molar-refractivity contribution in [2.75, 3.05) is 13.1 Å². The predicted octanol–water partition coefficient (Wildman–Crippen LogP) is 5.43. The topological polar surface area (TPSA) is 32.3 Å². The average Bonchev–Trinajstić information content (AvgIpc) is 2.53. The van der Waals surface area contributed by atoms with Crippen LogP contribution >= 0.6 is 12.2 Å². The van der Waals surface area contributed by atoms with Crippen LogP contribution in [-0.4, -0.2) is 29.0 Å². The van der Waals surface area contributed by atoms with Gasteiger partial charge in [-0.1, -0.05) is 71.1 Å². The smallest absolute Gasteiger partial charge is 0.226 e. The fourth-order valence-corrected chi connectivity index (χ4v) is 3.09. The number of nitrogens with zero attached hydrogens (tertiary/aromatic N) is 1. The molecule has 0 aromatic heterocycles. The molecule has 23 heavy (non-hydrogen) atoms. The van der Waals surface area contributed by atoms with Gasteiger partial charge in [0.25, 0.3) is 0 Å². The van der Waals surface area contributed by atoms with Crippen molar-refractivity contribution in [3.05, 3.63) is 0 Å². The molecule has 0 unspecified atom stereocenters. The molecule has 0 fully saturated rings. The summed E-state index contributed by atoms with van der Waals surface area (Å²) in [5, 5.41) is 3.41. The van der Waals surface area contributed by atoms with Crippen molar-refractivity contribution in [2.45, 2.75) is 97.8 Å². The second kappa shape index (κ2) is 16.2. The van der Waals surface area contributed by atoms with E-state index < -0.39 is 0 Å². The summed E-state index contributed by atoms with van der Waals surface area (Å²) < 4.78 is 0. The Morgan fingerprint density at radius 2 is 1.22 bits per heavy atom. The van der Waals surface area contributed by atoms with Crippen LogP contribution in [0.5, 0.6) is 0 Å². The molecule has 1 amide bonds. The highest BCUT2D eigenvalue weighted by atomic mass is 32.1. The molecule has 0 spiro atoms. The fourth-order valence-electron chi connectivity index (χ4n) is 2.72. The number of nitrogens with one attached hydrogen (secondary N) is 1. The Hall–Kier alpha value is -0.640. The van der Waals surface area contributed by atoms with Gasteiger partial charge in [0.05, 0.1) is 0 Å². The van der Waals surface area contributed by atoms with Crippen molar-refractivity contribution >= 4 is 23.2 Å². The summed E-state index contributed by atoms with van der Waals surface area (Å²) in [5.74, 6) is 0.0674. The first-order valence-electron chi connectivity index (χ1n) is 9.74. The SMILES string of the molecule is CCCCCCCCCCCCCC(=O)NC(=S)N(CC)CC. The van der Waals surface area contributed by atoms with Crippen molar-refractivity contribution < 1.29 is 4.79 Å². The van der Waals surface area contributed by atoms with Crippen molar-refractivity contribution in [3.8, 4) is 0 Å². The second-order valence-corrected chi connectivity index (χ2v) is 6.70. The maximum Gasteiger partial charge on any atom is 0.226 e. The Labute approximate surface area is 149 Å². The highest BCUT2D eigenvalue weighted by Crippen LogP contribution is 2.11. The molecular formula is C19H38N2OS. The van der Waals surface area contributed by atoms with Crippen LogP contribution in [0, 0.1) is 0 Å². The largest absolute Gasteiger partial charge is 0.350 e. The van der Waals surface area contributed by atoms with Gasteiger partial charge in [-0.2, -0.15) is 0 Å². The zero-order valence-corrected chi connectivity index (χ0v) is 16.5. The van der Waals surface area contributed by atoms with E-state index >= 15 is 0 Å². The van der Waals surface area contributed by atoms with E-state index in [4.69, 9.17) is 12.2 Å². The van der Waals surface area contributed by atoms with Gasteiger partial charge in [0.15, 0.2) is 5.11 Å². The highest BCUT2D eigenvalue weighted by Gasteiger charge is 2.08. The number of amides is 1. The molecule has 0 aromatic rings. The Bertz CT molecular complexity index is 304. The number of carbonyl (C=O) groups excluding carboxylic acids is 1. The van der Waals surface area contributed by atoms with Gasteiger partial charge in [0.1, 0.15) is 0 Å². The van der Waals surface area contributed by atoms with Crippen LogP contribution in [-0.2, 0) is 4.79 Å². The van der Waals surface area contributed by atoms with Gasteiger partial charge in [-0.15, -0.1) is 0 Å². The first-order valence-corrected chi connectivity index (χ1v) is 10.1. The molecule has 0 aromatic carbocycles. The number of carbonyl (C=O) groups is 1. The minimum atomic E-state index is 0.0674. The summed E-state index contributed by atoms with van der Waals surface area (Å²) in [6.07, 6.45) is 14.9. The zero-order valence-electron chi connectivity index (χ0n) is 15.7. The van der Waals surface area contributed by atoms with Gasteiger partial charge < -0.3 is 10.2 Å². The molecule has 4 heteroatoms. The second-order valence-electron chi connectivity index (χ2n) is 6.31. The molecule has 3 nitrogen and oxygen atoms in total. The monoisotopic (exact) mass is 342 g/mol. The molecule has 0 saturated heterocycles. The van der Waals surface area contributed by atoms with Crippen molar-refractivity contribution in [3.63, 3.8) is 0 Å². The van der Waals surface area contributed by atoms with Crippen LogP contribution in [0.1, 0.15) is 97.8 Å². The zero-order chi connectivity index (χ0) is 17.3. The van der Waals surface area contributed by atoms with E-state index in [0.29, 0.717) is 11.5 Å². The van der Waals surface area contributed by atoms with Gasteiger partial charge in [0.2, 0.25) is 5.91 Å². The van der Waals surface area contributed by atoms with Gasteiger partial charge in [0, 0.05) is 19.5 Å². The summed E-state index contributed by atoms with van der Waals surface area (Å²) >= 11 is 5.23. The average molecular weight is 343 g/mol. The lowest BCUT2D eigenvalue weighted by molar-refractivity contribution is -0.119. The Morgan fingerprint density at radius 3 is 1.65 bits per heavy atom. The van der Waals surface area contributed by atoms with Crippen LogP contribution < -0.4 is 5.32 Å². The van der Waals surface area contributed by atoms with Gasteiger partial charge in [-0.3, -0.25) is 4.79 Å². The quantitative estimate of drug-likeness (QED) is 0.337. The first kappa shape index (κ1) is 22.4. The number of hydrogen-bond acceptors (Lipinski definition) is 2. The standard InChI is InChI=1S/C19H38N2OS/c1-4-7-8-9-10-11-12-13-14-15-16-17-18(22)20-19(23)21(5-2)6-3/h4-17H2,1-3H3,(H,20,22,23). The van der Waals surface area contributed by atoms with Gasteiger partial charge in [-0.05, 0) is 32.5 Å². The van der Waals surface area contributed by atoms with Crippen LogP contribution in [0.25, 0.3) is 0 Å². The third-order valence-electron chi connectivity index (χ3n) is 4.30. The Balaban J connectivity index is 3.40. The number of hydrogen-bond donors (Lipinski definition) is 1. The predicted molar refractivity (Wildman–Crippen MR) is 105 cm³/mol. The van der Waals surface area contributed by atoms with Crippen molar-refractivity contribution in [1.29, 1.82) is 0 Å². The Kier molecular flexibility index (Phi) is 15.8. The molecular weight excluding hydrogens is 304 g/mol. The highest BCUT2D eigenvalue weighted by molar-refractivity contribution is 7.80. The van der Waals surface area contributed by atoms with Gasteiger partial charge in [-0.25, -0.2) is 0 Å². The van der Waals surface area contributed by atoms with E-state index in [1.807, 2.05) is 18.7 Å². The summed E-state index contributed by atoms with van der Waals surface area (Å²) in [6.45, 7) is 8.04. The molecule has 0 radical (unpaired) electrons. The van der Waals surface area contributed by atoms with E-state index in [1.54, 1.807) is 0 Å². The molecule has 0 aliphatic rings. The maximum atomic E-state index is 11.8. The lowest BCUT2D eigenvalue weighted by Gasteiger charge is -2.21. The summed E-state index contributed by atoms with van der Waals surface area (Å²) in [6, 6.07) is 0. The third kappa shape index (κ3) is 13.5. The van der Waals surface area contributed by atoms with Crippen LogP contribution in [0.15, 0.2) is 0 Å². The summed E-state index contributed by atoms with van der Waals surface area (Å²) in [7, 11) is 0. The van der Waals surface area contributed by atoms with Crippen LogP contribution in [0.4, 0.5) is 0 Å². The fraction of sp³-hybridized carbons (Fsp3) is 0.895. The lowest BCUT2D eigenvalue weighted by Crippen LogP contribution is -2.42. The van der Waals surface area contributed by atoms with Crippen LogP contribution in [0.2, 0.25) is 0 Å². The molecule has 0 saturated carbocycles. The Morgan fingerprint density at radius 1 is 0.783 bits per heavy atom. The minimum Gasteiger partial charge on any atom is -0.350 e. The minimum absolute atomic E-state index is 0.0674. The van der Waals surface area contributed by atoms with Crippen LogP contribution in [0.3, 0.4) is 0 Å². The van der Waals surface area contributed by atoms with E-state index in [-0.39, 0.29) is 5.91 Å². The van der Waals surface area contributed by atoms with Gasteiger partial charge >= 0.3 is 0 Å². The molecule has 0 bridgehead atoms. The molecule has 136 valence electrons. The normalized spacial score (nSPS) is 10.6. The maximum absolute atomic E-state index is 11.8. The summed E-state index contributed by atoms with van der Waals surface area (Å²) in [5.41, 5.74) is 0. The van der Waals surface area contributed by atoms with E-state index in [9.17, 15) is 4.79 Å². The van der Waals surface area contributed by atoms with E-state index in [1.165, 1.54) is 57.8 Å². The molecule has 0 heterocycles. The molecule has 0 rings (SSSR count). The molecule has 0 atom stereocenters. The molecule has 0 aliphatic carbocycles.